The molecule has 6 N–H and O–H groups in total. The zero-order valence-electron chi connectivity index (χ0n) is 30.6. The van der Waals surface area contributed by atoms with Crippen molar-refractivity contribution >= 4 is 91.6 Å². The van der Waals surface area contributed by atoms with Crippen LogP contribution in [0.5, 0.6) is 11.5 Å². The van der Waals surface area contributed by atoms with Crippen molar-refractivity contribution in [2.75, 3.05) is 35.5 Å². The van der Waals surface area contributed by atoms with Gasteiger partial charge in [0.1, 0.15) is 33.6 Å². The Morgan fingerprint density at radius 3 is 2.08 bits per heavy atom. The molecule has 23 nitrogen and oxygen atoms in total. The largest absolute Gasteiger partial charge is 0.506 e. The summed E-state index contributed by atoms with van der Waals surface area (Å²) >= 11 is 0. The van der Waals surface area contributed by atoms with E-state index in [9.17, 15) is 57.4 Å². The Morgan fingerprint density at radius 1 is 0.767 bits per heavy atom. The van der Waals surface area contributed by atoms with E-state index >= 15 is 0 Å². The van der Waals surface area contributed by atoms with E-state index < -0.39 is 92.0 Å². The maximum atomic E-state index is 14.4. The van der Waals surface area contributed by atoms with Crippen LogP contribution in [0.3, 0.4) is 0 Å². The summed E-state index contributed by atoms with van der Waals surface area (Å²) in [5.74, 6) is -3.11. The van der Waals surface area contributed by atoms with E-state index in [1.54, 1.807) is 19.1 Å². The number of nitrogens with zero attached hydrogens (tertiary/aromatic N) is 8. The number of fused-ring (bicyclic) bond motifs is 1. The predicted octanol–water partition coefficient (Wildman–Crippen LogP) is 4.89. The van der Waals surface area contributed by atoms with E-state index in [2.05, 4.69) is 44.9 Å². The topological polar surface area (TPSA) is 350 Å². The van der Waals surface area contributed by atoms with Gasteiger partial charge < -0.3 is 20.4 Å². The van der Waals surface area contributed by atoms with Gasteiger partial charge in [0.05, 0.1) is 22.9 Å². The van der Waals surface area contributed by atoms with Crippen LogP contribution in [0.2, 0.25) is 0 Å². The number of phenols is 2. The molecule has 0 aliphatic rings. The first-order chi connectivity index (χ1) is 27.3. The molecule has 60 heavy (non-hydrogen) atoms. The maximum absolute atomic E-state index is 14.4. The molecular weight excluding hydrogens is 933 g/mol. The van der Waals surface area contributed by atoms with Crippen LogP contribution in [0.25, 0.3) is 10.8 Å². The predicted molar refractivity (Wildman–Crippen MR) is 205 cm³/mol. The fraction of sp³-hybridized carbons (Fsp3) is 0.194. The van der Waals surface area contributed by atoms with E-state index in [0.29, 0.717) is 39.7 Å². The van der Waals surface area contributed by atoms with Gasteiger partial charge in [0.2, 0.25) is 11.9 Å². The normalized spacial score (nSPS) is 12.6. The van der Waals surface area contributed by atoms with Crippen LogP contribution in [0.4, 0.5) is 44.7 Å². The molecule has 0 fully saturated rings. The van der Waals surface area contributed by atoms with Crippen molar-refractivity contribution in [1.82, 2.24) is 15.0 Å². The van der Waals surface area contributed by atoms with Gasteiger partial charge in [-0.3, -0.25) is 13.7 Å². The third kappa shape index (κ3) is 12.1. The number of halogens is 1. The van der Waals surface area contributed by atoms with E-state index in [4.69, 9.17) is 4.55 Å². The van der Waals surface area contributed by atoms with Gasteiger partial charge in [-0.25, -0.2) is 12.6 Å². The van der Waals surface area contributed by atoms with E-state index in [-0.39, 0.29) is 45.8 Å². The van der Waals surface area contributed by atoms with Crippen molar-refractivity contribution in [3.05, 3.63) is 71.8 Å². The summed E-state index contributed by atoms with van der Waals surface area (Å²) in [6.45, 7) is 2.26. The van der Waals surface area contributed by atoms with Crippen molar-refractivity contribution in [3.63, 3.8) is 0 Å². The molecule has 1 aromatic heterocycles. The van der Waals surface area contributed by atoms with Crippen LogP contribution >= 0.6 is 0 Å². The van der Waals surface area contributed by atoms with Crippen LogP contribution in [0.15, 0.2) is 84.8 Å². The molecule has 5 rings (SSSR count). The molecule has 0 saturated carbocycles. The van der Waals surface area contributed by atoms with Gasteiger partial charge in [0.15, 0.2) is 15.6 Å². The van der Waals surface area contributed by atoms with Crippen molar-refractivity contribution in [2.45, 2.75) is 23.6 Å². The second-order valence-electron chi connectivity index (χ2n) is 12.3. The minimum absolute atomic E-state index is 0. The first kappa shape index (κ1) is 47.3. The summed E-state index contributed by atoms with van der Waals surface area (Å²) in [7, 11) is -17.3. The number of hydrogen-bond acceptors (Lipinski definition) is 20. The number of benzene rings is 4. The van der Waals surface area contributed by atoms with Crippen molar-refractivity contribution < 1.29 is 83.2 Å². The number of sulfone groups is 1. The number of hydrogen-bond donors (Lipinski definition) is 6. The Hall–Kier alpha value is -5.36. The standard InChI is InChI=1S/C31H30FN9O14S4.Cu/c1-16-11-23(25(42)14-22(16)37-39-24-13-20(57(46,47)48)5-7-26(24)58(49,50)51)38-40-27-17(2)10-18-12-19(4-6-21(18)28(27)43)33-30-34-29(32)35-31(36-30)41(3)15-56(44,45)9-8-55-59(52,53)54;/h4-7,10-14,42-43H,8-9,15H2,1-3H3,(H,46,47,48)(H,49,50,51)(H,52,53,54)(H,33,34,35,36);. The quantitative estimate of drug-likeness (QED) is 0.0462. The fourth-order valence-electron chi connectivity index (χ4n) is 5.12. The summed E-state index contributed by atoms with van der Waals surface area (Å²) in [4.78, 5) is 10.5. The van der Waals surface area contributed by atoms with Gasteiger partial charge in [-0.05, 0) is 78.9 Å². The first-order valence-corrected chi connectivity index (χ1v) is 22.1. The van der Waals surface area contributed by atoms with E-state index in [0.717, 1.165) is 17.0 Å². The Labute approximate surface area is 351 Å². The van der Waals surface area contributed by atoms with Gasteiger partial charge in [0, 0.05) is 41.3 Å². The molecule has 0 aliphatic heterocycles. The van der Waals surface area contributed by atoms with Gasteiger partial charge in [-0.2, -0.15) is 49.7 Å². The molecule has 4 aromatic carbocycles. The molecular formula is C31H30CuFN9O14S4. The van der Waals surface area contributed by atoms with E-state index in [1.807, 2.05) is 0 Å². The number of aromatic nitrogens is 3. The van der Waals surface area contributed by atoms with Crippen molar-refractivity contribution in [2.24, 2.45) is 20.5 Å². The van der Waals surface area contributed by atoms with Gasteiger partial charge >= 0.3 is 16.5 Å². The Morgan fingerprint density at radius 2 is 1.43 bits per heavy atom. The Kier molecular flexibility index (Phi) is 14.3. The SMILES string of the molecule is Cc1cc(N=Nc2c(C)cc3cc(Nc4nc(F)nc(N(C)CS(=O)(=O)CCOS(=O)(=O)O)n4)ccc3c2O)c(O)cc1N=Nc1cc(S(=O)(=O)O)ccc1S(=O)(=O)O.[Cu]. The molecule has 0 atom stereocenters. The van der Waals surface area contributed by atoms with Crippen molar-refractivity contribution in [3.8, 4) is 11.5 Å². The number of azo groups is 2. The molecule has 29 heteroatoms. The number of aromatic hydroxyl groups is 2. The Balaban J connectivity index is 0.00000794. The van der Waals surface area contributed by atoms with Crippen LogP contribution < -0.4 is 10.2 Å². The summed E-state index contributed by atoms with van der Waals surface area (Å²) in [6, 6.07) is 10.7. The summed E-state index contributed by atoms with van der Waals surface area (Å²) in [5.41, 5.74) is 0.284. The number of rotatable bonds is 15. The monoisotopic (exact) mass is 962 g/mol. The molecule has 325 valence electrons. The van der Waals surface area contributed by atoms with E-state index in [1.165, 1.54) is 32.2 Å². The van der Waals surface area contributed by atoms with Gasteiger partial charge in [0.25, 0.3) is 20.2 Å². The number of aryl methyl sites for hydroxylation is 2. The fourth-order valence-corrected chi connectivity index (χ4v) is 7.80. The molecule has 0 amide bonds. The first-order valence-electron chi connectivity index (χ1n) is 16.0. The smallest absolute Gasteiger partial charge is 0.397 e. The second kappa shape index (κ2) is 18.1. The molecule has 0 aliphatic carbocycles. The molecule has 0 bridgehead atoms. The van der Waals surface area contributed by atoms with Crippen molar-refractivity contribution in [1.29, 1.82) is 0 Å². The van der Waals surface area contributed by atoms with Crippen LogP contribution in [-0.2, 0) is 61.7 Å². The zero-order valence-corrected chi connectivity index (χ0v) is 34.8. The van der Waals surface area contributed by atoms with Crippen LogP contribution in [0, 0.1) is 19.9 Å². The molecule has 5 aromatic rings. The van der Waals surface area contributed by atoms with Gasteiger partial charge in [-0.1, -0.05) is 0 Å². The average Bonchev–Trinajstić information content (AvgIpc) is 3.10. The molecule has 0 saturated heterocycles. The third-order valence-corrected chi connectivity index (χ3v) is 11.6. The molecule has 0 unspecified atom stereocenters. The second-order valence-corrected chi connectivity index (χ2v) is 18.4. The minimum Gasteiger partial charge on any atom is -0.506 e. The Bertz CT molecular complexity index is 3020. The molecule has 0 spiro atoms. The maximum Gasteiger partial charge on any atom is 0.397 e. The summed E-state index contributed by atoms with van der Waals surface area (Å²) < 4.78 is 139. The average molecular weight is 963 g/mol. The van der Waals surface area contributed by atoms with Crippen LogP contribution in [-0.4, -0.2) is 97.8 Å². The summed E-state index contributed by atoms with van der Waals surface area (Å²) in [6.07, 6.45) is -1.26. The summed E-state index contributed by atoms with van der Waals surface area (Å²) in [5, 5.41) is 41.0. The minimum atomic E-state index is -4.90. The van der Waals surface area contributed by atoms with Gasteiger partial charge in [-0.15, -0.1) is 15.3 Å². The van der Waals surface area contributed by atoms with Crippen LogP contribution in [0.1, 0.15) is 11.1 Å². The number of anilines is 3. The molecule has 1 heterocycles. The zero-order chi connectivity index (χ0) is 43.7. The molecule has 1 radical (unpaired) electrons. The number of nitrogens with one attached hydrogen (secondary N) is 1. The number of phenolic OH excluding ortho intramolecular Hbond substituents is 2. The third-order valence-electron chi connectivity index (χ3n) is 7.81.